The van der Waals surface area contributed by atoms with Crippen molar-refractivity contribution in [1.82, 2.24) is 0 Å². The van der Waals surface area contributed by atoms with E-state index in [9.17, 15) is 27.1 Å². The van der Waals surface area contributed by atoms with Crippen LogP contribution in [0.5, 0.6) is 0 Å². The van der Waals surface area contributed by atoms with Crippen LogP contribution in [-0.4, -0.2) is 29.0 Å². The second-order valence-electron chi connectivity index (χ2n) is 4.13. The molecule has 0 radical (unpaired) electrons. The highest BCUT2D eigenvalue weighted by atomic mass is 19.2. The van der Waals surface area contributed by atoms with Crippen molar-refractivity contribution in [2.45, 2.75) is 24.7 Å². The molecule has 0 aromatic heterocycles. The molecule has 0 amide bonds. The van der Waals surface area contributed by atoms with E-state index >= 15 is 0 Å². The van der Waals surface area contributed by atoms with Crippen LogP contribution in [0.3, 0.4) is 0 Å². The van der Waals surface area contributed by atoms with Crippen molar-refractivity contribution in [1.29, 1.82) is 0 Å². The summed E-state index contributed by atoms with van der Waals surface area (Å²) in [4.78, 5) is 0. The molecule has 8 heteroatoms. The number of benzene rings is 1. The minimum absolute atomic E-state index is 0.371. The van der Waals surface area contributed by atoms with Crippen LogP contribution in [0.25, 0.3) is 0 Å². The van der Waals surface area contributed by atoms with E-state index in [1.807, 2.05) is 0 Å². The Hall–Kier alpha value is -1.25. The Bertz CT molecular complexity index is 479. The van der Waals surface area contributed by atoms with Gasteiger partial charge < -0.3 is 14.9 Å². The Labute approximate surface area is 104 Å². The number of hydrogen-bond donors (Lipinski definition) is 2. The molecule has 1 aliphatic rings. The average molecular weight is 284 g/mol. The van der Waals surface area contributed by atoms with Crippen molar-refractivity contribution < 1.29 is 36.9 Å². The first kappa shape index (κ1) is 14.2. The fourth-order valence-electron chi connectivity index (χ4n) is 1.98. The Morgan fingerprint density at radius 1 is 0.947 bits per heavy atom. The van der Waals surface area contributed by atoms with E-state index in [-0.39, 0.29) is 6.42 Å². The van der Waals surface area contributed by atoms with Crippen molar-refractivity contribution in [3.05, 3.63) is 34.6 Å². The van der Waals surface area contributed by atoms with Crippen LogP contribution in [0.2, 0.25) is 0 Å². The fraction of sp³-hybridized carbons (Fsp3) is 0.455. The zero-order chi connectivity index (χ0) is 14.3. The summed E-state index contributed by atoms with van der Waals surface area (Å²) in [7, 11) is 0. The van der Waals surface area contributed by atoms with E-state index < -0.39 is 59.6 Å². The lowest BCUT2D eigenvalue weighted by molar-refractivity contribution is -0.0246. The molecule has 2 rings (SSSR count). The predicted molar refractivity (Wildman–Crippen MR) is 51.6 cm³/mol. The minimum atomic E-state index is -2.25. The summed E-state index contributed by atoms with van der Waals surface area (Å²) in [5.41, 5.74) is -1.13. The lowest BCUT2D eigenvalue weighted by Gasteiger charge is -2.15. The van der Waals surface area contributed by atoms with Crippen molar-refractivity contribution in [3.8, 4) is 0 Å². The Kier molecular flexibility index (Phi) is 3.75. The van der Waals surface area contributed by atoms with Crippen LogP contribution in [-0.2, 0) is 4.74 Å². The minimum Gasteiger partial charge on any atom is -0.394 e. The molecule has 0 unspecified atom stereocenters. The van der Waals surface area contributed by atoms with Crippen LogP contribution < -0.4 is 0 Å². The summed E-state index contributed by atoms with van der Waals surface area (Å²) < 4.78 is 70.7. The van der Waals surface area contributed by atoms with E-state index in [4.69, 9.17) is 9.84 Å². The van der Waals surface area contributed by atoms with Gasteiger partial charge in [0, 0.05) is 6.42 Å². The third-order valence-corrected chi connectivity index (χ3v) is 2.97. The van der Waals surface area contributed by atoms with Crippen molar-refractivity contribution in [2.75, 3.05) is 6.61 Å². The molecule has 0 bridgehead atoms. The van der Waals surface area contributed by atoms with Gasteiger partial charge in [0.2, 0.25) is 5.82 Å². The number of ether oxygens (including phenoxy) is 1. The Balaban J connectivity index is 2.47. The second-order valence-corrected chi connectivity index (χ2v) is 4.13. The van der Waals surface area contributed by atoms with Crippen LogP contribution in [0, 0.1) is 29.1 Å². The van der Waals surface area contributed by atoms with Crippen LogP contribution in [0.4, 0.5) is 22.0 Å². The van der Waals surface area contributed by atoms with Crippen molar-refractivity contribution in [3.63, 3.8) is 0 Å². The van der Waals surface area contributed by atoms with Gasteiger partial charge in [0.25, 0.3) is 0 Å². The zero-order valence-electron chi connectivity index (χ0n) is 9.34. The topological polar surface area (TPSA) is 49.7 Å². The quantitative estimate of drug-likeness (QED) is 0.492. The first-order valence-corrected chi connectivity index (χ1v) is 5.34. The maximum Gasteiger partial charge on any atom is 0.200 e. The highest BCUT2D eigenvalue weighted by Gasteiger charge is 2.39. The Morgan fingerprint density at radius 3 is 1.84 bits per heavy atom. The van der Waals surface area contributed by atoms with E-state index in [1.54, 1.807) is 0 Å². The SMILES string of the molecule is OC[C@H]1O[C@@H](c2c(F)c(F)c(F)c(F)c2F)C[C@@H]1O. The van der Waals surface area contributed by atoms with Crippen LogP contribution in [0.1, 0.15) is 18.1 Å². The van der Waals surface area contributed by atoms with Crippen molar-refractivity contribution >= 4 is 0 Å². The fourth-order valence-corrected chi connectivity index (χ4v) is 1.98. The smallest absolute Gasteiger partial charge is 0.200 e. The molecule has 19 heavy (non-hydrogen) atoms. The van der Waals surface area contributed by atoms with Gasteiger partial charge in [-0.1, -0.05) is 0 Å². The molecule has 0 spiro atoms. The molecule has 1 heterocycles. The average Bonchev–Trinajstić information content (AvgIpc) is 2.75. The highest BCUT2D eigenvalue weighted by Crippen LogP contribution is 2.37. The summed E-state index contributed by atoms with van der Waals surface area (Å²) >= 11 is 0. The monoisotopic (exact) mass is 284 g/mol. The van der Waals surface area contributed by atoms with Crippen LogP contribution in [0.15, 0.2) is 0 Å². The highest BCUT2D eigenvalue weighted by molar-refractivity contribution is 5.27. The molecule has 0 saturated carbocycles. The molecule has 2 N–H and O–H groups in total. The summed E-state index contributed by atoms with van der Waals surface area (Å²) in [5.74, 6) is -10.4. The van der Waals surface area contributed by atoms with Crippen molar-refractivity contribution in [2.24, 2.45) is 0 Å². The maximum atomic E-state index is 13.5. The molecule has 3 atom stereocenters. The van der Waals surface area contributed by atoms with Gasteiger partial charge in [-0.15, -0.1) is 0 Å². The van der Waals surface area contributed by atoms with Gasteiger partial charge in [-0.05, 0) is 0 Å². The number of halogens is 5. The first-order valence-electron chi connectivity index (χ1n) is 5.34. The summed E-state index contributed by atoms with van der Waals surface area (Å²) in [6.07, 6.45) is -4.24. The van der Waals surface area contributed by atoms with Gasteiger partial charge in [-0.25, -0.2) is 22.0 Å². The van der Waals surface area contributed by atoms with Gasteiger partial charge in [0.15, 0.2) is 23.3 Å². The number of aliphatic hydroxyl groups excluding tert-OH is 2. The Morgan fingerprint density at radius 2 is 1.42 bits per heavy atom. The third kappa shape index (κ3) is 2.19. The van der Waals surface area contributed by atoms with Gasteiger partial charge >= 0.3 is 0 Å². The zero-order valence-corrected chi connectivity index (χ0v) is 9.34. The lowest BCUT2D eigenvalue weighted by Crippen LogP contribution is -2.24. The number of hydrogen-bond acceptors (Lipinski definition) is 3. The molecule has 0 aliphatic carbocycles. The van der Waals surface area contributed by atoms with Gasteiger partial charge in [0.1, 0.15) is 6.10 Å². The second kappa shape index (κ2) is 5.03. The van der Waals surface area contributed by atoms with E-state index in [0.29, 0.717) is 0 Å². The standard InChI is InChI=1S/C11H9F5O3/c12-7-6(4-1-3(18)5(2-17)19-4)8(13)10(15)11(16)9(7)14/h3-5,17-18H,1-2H2/t3-,4+,5+/m0/s1. The van der Waals surface area contributed by atoms with Gasteiger partial charge in [-0.3, -0.25) is 0 Å². The lowest BCUT2D eigenvalue weighted by atomic mass is 10.0. The van der Waals surface area contributed by atoms with Gasteiger partial charge in [-0.2, -0.15) is 0 Å². The number of rotatable bonds is 2. The van der Waals surface area contributed by atoms with Crippen LogP contribution >= 0.6 is 0 Å². The third-order valence-electron chi connectivity index (χ3n) is 2.97. The van der Waals surface area contributed by atoms with Gasteiger partial charge in [0.05, 0.1) is 24.4 Å². The van der Waals surface area contributed by atoms with E-state index in [1.165, 1.54) is 0 Å². The summed E-state index contributed by atoms with van der Waals surface area (Å²) in [5, 5.41) is 18.2. The largest absolute Gasteiger partial charge is 0.394 e. The first-order chi connectivity index (χ1) is 8.88. The molecule has 3 nitrogen and oxygen atoms in total. The van der Waals surface area contributed by atoms with E-state index in [0.717, 1.165) is 0 Å². The molecular weight excluding hydrogens is 275 g/mol. The summed E-state index contributed by atoms with van der Waals surface area (Å²) in [6.45, 7) is -0.632. The molecule has 1 aromatic rings. The predicted octanol–water partition coefficient (Wildman–Crippen LogP) is 1.57. The maximum absolute atomic E-state index is 13.5. The summed E-state index contributed by atoms with van der Waals surface area (Å²) in [6, 6.07) is 0. The molecule has 1 aromatic carbocycles. The molecule has 1 saturated heterocycles. The normalized spacial score (nSPS) is 27.0. The molecule has 1 fully saturated rings. The molecule has 106 valence electrons. The number of aliphatic hydroxyl groups is 2. The molecule has 1 aliphatic heterocycles. The molecular formula is C11H9F5O3. The van der Waals surface area contributed by atoms with E-state index in [2.05, 4.69) is 0 Å².